The maximum atomic E-state index is 12.9. The summed E-state index contributed by atoms with van der Waals surface area (Å²) in [4.78, 5) is 33.1. The van der Waals surface area contributed by atoms with Crippen molar-refractivity contribution < 1.29 is 4.79 Å². The predicted molar refractivity (Wildman–Crippen MR) is 102 cm³/mol. The van der Waals surface area contributed by atoms with Crippen molar-refractivity contribution >= 4 is 39.2 Å². The van der Waals surface area contributed by atoms with E-state index in [4.69, 9.17) is 5.26 Å². The van der Waals surface area contributed by atoms with Gasteiger partial charge >= 0.3 is 0 Å². The predicted octanol–water partition coefficient (Wildman–Crippen LogP) is 3.12. The molecule has 0 aliphatic rings. The van der Waals surface area contributed by atoms with E-state index >= 15 is 0 Å². The summed E-state index contributed by atoms with van der Waals surface area (Å²) in [5, 5.41) is 9.86. The molecule has 0 spiro atoms. The lowest BCUT2D eigenvalue weighted by Crippen LogP contribution is -2.30. The standard InChI is InChI=1S/C17H22N4O2S2/c1-10(2)21-16(23)14-11(3)12(4)25-15(14)19-17(21)24-9-13(22)20(5)8-6-7-18/h10H,6,8-9H2,1-5H3. The maximum absolute atomic E-state index is 12.9. The van der Waals surface area contributed by atoms with E-state index in [9.17, 15) is 9.59 Å². The number of nitrogens with zero attached hydrogens (tertiary/aromatic N) is 4. The summed E-state index contributed by atoms with van der Waals surface area (Å²) in [5.41, 5.74) is 0.936. The fourth-order valence-corrected chi connectivity index (χ4v) is 4.56. The molecule has 0 aliphatic carbocycles. The van der Waals surface area contributed by atoms with Crippen LogP contribution in [-0.4, -0.2) is 39.7 Å². The van der Waals surface area contributed by atoms with E-state index in [1.54, 1.807) is 11.6 Å². The molecule has 6 nitrogen and oxygen atoms in total. The van der Waals surface area contributed by atoms with Crippen molar-refractivity contribution in [2.45, 2.75) is 45.3 Å². The Bertz CT molecular complexity index is 893. The van der Waals surface area contributed by atoms with E-state index in [1.165, 1.54) is 28.0 Å². The van der Waals surface area contributed by atoms with Crippen LogP contribution >= 0.6 is 23.1 Å². The van der Waals surface area contributed by atoms with Gasteiger partial charge in [-0.15, -0.1) is 11.3 Å². The average Bonchev–Trinajstić information content (AvgIpc) is 2.84. The molecule has 0 atom stereocenters. The Morgan fingerprint density at radius 3 is 2.72 bits per heavy atom. The van der Waals surface area contributed by atoms with Crippen molar-refractivity contribution in [2.75, 3.05) is 19.3 Å². The van der Waals surface area contributed by atoms with Crippen molar-refractivity contribution in [1.82, 2.24) is 14.5 Å². The van der Waals surface area contributed by atoms with Gasteiger partial charge in [-0.05, 0) is 33.3 Å². The topological polar surface area (TPSA) is 79.0 Å². The normalized spacial score (nSPS) is 11.1. The zero-order chi connectivity index (χ0) is 18.7. The molecule has 0 unspecified atom stereocenters. The molecule has 0 bridgehead atoms. The zero-order valence-electron chi connectivity index (χ0n) is 15.1. The molecule has 0 saturated carbocycles. The third kappa shape index (κ3) is 4.05. The number of aryl methyl sites for hydroxylation is 2. The van der Waals surface area contributed by atoms with Crippen LogP contribution in [0.2, 0.25) is 0 Å². The first kappa shape index (κ1) is 19.5. The number of hydrogen-bond acceptors (Lipinski definition) is 6. The van der Waals surface area contributed by atoms with Crippen LogP contribution in [-0.2, 0) is 4.79 Å². The molecule has 25 heavy (non-hydrogen) atoms. The number of carbonyl (C=O) groups is 1. The fourth-order valence-electron chi connectivity index (χ4n) is 2.42. The highest BCUT2D eigenvalue weighted by molar-refractivity contribution is 7.99. The van der Waals surface area contributed by atoms with Gasteiger partial charge in [-0.1, -0.05) is 11.8 Å². The molecule has 0 fully saturated rings. The van der Waals surface area contributed by atoms with Crippen LogP contribution in [0.3, 0.4) is 0 Å². The summed E-state index contributed by atoms with van der Waals surface area (Å²) >= 11 is 2.78. The first-order valence-corrected chi connectivity index (χ1v) is 9.84. The van der Waals surface area contributed by atoms with Gasteiger partial charge in [-0.25, -0.2) is 4.98 Å². The lowest BCUT2D eigenvalue weighted by atomic mass is 10.2. The molecule has 0 aromatic carbocycles. The molecule has 1 amide bonds. The van der Waals surface area contributed by atoms with E-state index < -0.39 is 0 Å². The number of fused-ring (bicyclic) bond motifs is 1. The number of rotatable bonds is 6. The lowest BCUT2D eigenvalue weighted by Gasteiger charge is -2.17. The average molecular weight is 379 g/mol. The van der Waals surface area contributed by atoms with E-state index in [0.29, 0.717) is 23.5 Å². The second-order valence-electron chi connectivity index (χ2n) is 6.14. The van der Waals surface area contributed by atoms with Gasteiger partial charge in [0.15, 0.2) is 5.16 Å². The quantitative estimate of drug-likeness (QED) is 0.570. The first-order valence-electron chi connectivity index (χ1n) is 8.03. The first-order chi connectivity index (χ1) is 11.8. The van der Waals surface area contributed by atoms with E-state index in [0.717, 1.165) is 15.3 Å². The van der Waals surface area contributed by atoms with Crippen molar-refractivity contribution in [3.05, 3.63) is 20.8 Å². The van der Waals surface area contributed by atoms with E-state index in [-0.39, 0.29) is 23.3 Å². The maximum Gasteiger partial charge on any atom is 0.263 e. The Balaban J connectivity index is 2.35. The third-order valence-electron chi connectivity index (χ3n) is 4.03. The molecule has 2 aromatic heterocycles. The molecular weight excluding hydrogens is 356 g/mol. The Morgan fingerprint density at radius 2 is 2.12 bits per heavy atom. The minimum absolute atomic E-state index is 0.0436. The molecule has 0 saturated heterocycles. The summed E-state index contributed by atoms with van der Waals surface area (Å²) in [5.74, 6) is 0.110. The molecule has 2 aromatic rings. The number of hydrogen-bond donors (Lipinski definition) is 0. The van der Waals surface area contributed by atoms with Gasteiger partial charge in [0.05, 0.1) is 23.6 Å². The van der Waals surface area contributed by atoms with Gasteiger partial charge in [-0.2, -0.15) is 5.26 Å². The minimum atomic E-state index is -0.0801. The number of thioether (sulfide) groups is 1. The second-order valence-corrected chi connectivity index (χ2v) is 8.28. The monoisotopic (exact) mass is 378 g/mol. The third-order valence-corrected chi connectivity index (χ3v) is 6.07. The van der Waals surface area contributed by atoms with Gasteiger partial charge in [0, 0.05) is 24.5 Å². The van der Waals surface area contributed by atoms with Crippen LogP contribution in [0, 0.1) is 25.2 Å². The van der Waals surface area contributed by atoms with Crippen molar-refractivity contribution in [3.8, 4) is 6.07 Å². The molecule has 0 aliphatic heterocycles. The van der Waals surface area contributed by atoms with E-state index in [2.05, 4.69) is 4.98 Å². The van der Waals surface area contributed by atoms with Crippen molar-refractivity contribution in [1.29, 1.82) is 5.26 Å². The second kappa shape index (κ2) is 8.02. The van der Waals surface area contributed by atoms with Crippen molar-refractivity contribution in [3.63, 3.8) is 0 Å². The van der Waals surface area contributed by atoms with Crippen LogP contribution in [0.1, 0.15) is 36.8 Å². The van der Waals surface area contributed by atoms with Crippen LogP contribution in [0.4, 0.5) is 0 Å². The number of aromatic nitrogens is 2. The van der Waals surface area contributed by atoms with Gasteiger partial charge in [0.1, 0.15) is 4.83 Å². The SMILES string of the molecule is Cc1sc2nc(SCC(=O)N(C)CCC#N)n(C(C)C)c(=O)c2c1C. The van der Waals surface area contributed by atoms with Gasteiger partial charge in [0.25, 0.3) is 5.56 Å². The highest BCUT2D eigenvalue weighted by Gasteiger charge is 2.19. The van der Waals surface area contributed by atoms with E-state index in [1.807, 2.05) is 33.8 Å². The van der Waals surface area contributed by atoms with Crippen LogP contribution < -0.4 is 5.56 Å². The number of thiophene rings is 1. The van der Waals surface area contributed by atoms with Crippen molar-refractivity contribution in [2.24, 2.45) is 0 Å². The Hall–Kier alpha value is -1.85. The summed E-state index contributed by atoms with van der Waals surface area (Å²) in [6, 6.07) is 1.99. The van der Waals surface area contributed by atoms with Crippen LogP contribution in [0.5, 0.6) is 0 Å². The van der Waals surface area contributed by atoms with Crippen LogP contribution in [0.25, 0.3) is 10.2 Å². The molecule has 0 N–H and O–H groups in total. The molecule has 0 radical (unpaired) electrons. The van der Waals surface area contributed by atoms with Gasteiger partial charge < -0.3 is 4.90 Å². The highest BCUT2D eigenvalue weighted by Crippen LogP contribution is 2.29. The highest BCUT2D eigenvalue weighted by atomic mass is 32.2. The Kier molecular flexibility index (Phi) is 6.25. The van der Waals surface area contributed by atoms with Gasteiger partial charge in [-0.3, -0.25) is 14.2 Å². The number of nitriles is 1. The zero-order valence-corrected chi connectivity index (χ0v) is 16.8. The summed E-state index contributed by atoms with van der Waals surface area (Å²) in [7, 11) is 1.68. The summed E-state index contributed by atoms with van der Waals surface area (Å²) < 4.78 is 1.66. The largest absolute Gasteiger partial charge is 0.344 e. The summed E-state index contributed by atoms with van der Waals surface area (Å²) in [6.45, 7) is 8.22. The molecule has 2 heterocycles. The molecule has 134 valence electrons. The molecule has 8 heteroatoms. The van der Waals surface area contributed by atoms with Gasteiger partial charge in [0.2, 0.25) is 5.91 Å². The molecule has 2 rings (SSSR count). The fraction of sp³-hybridized carbons (Fsp3) is 0.529. The van der Waals surface area contributed by atoms with Crippen LogP contribution in [0.15, 0.2) is 9.95 Å². The lowest BCUT2D eigenvalue weighted by molar-refractivity contribution is -0.127. The number of carbonyl (C=O) groups excluding carboxylic acids is 1. The smallest absolute Gasteiger partial charge is 0.263 e. The Labute approximate surface area is 155 Å². The molecular formula is C17H22N4O2S2. The Morgan fingerprint density at radius 1 is 1.44 bits per heavy atom. The minimum Gasteiger partial charge on any atom is -0.344 e. The number of amides is 1. The summed E-state index contributed by atoms with van der Waals surface area (Å²) in [6.07, 6.45) is 0.307.